The van der Waals surface area contributed by atoms with Crippen LogP contribution < -0.4 is 9.47 Å². The minimum Gasteiger partial charge on any atom is -0.490 e. The standard InChI is InChI=1S/C16H18O3S/c17-14(6-5-13-3-1-10-20-13)12-4-7-15-16(11-12)19-9-2-8-18-15/h1,3-4,7,10-11,14,17H,2,5-6,8-9H2. The van der Waals surface area contributed by atoms with E-state index in [2.05, 4.69) is 11.4 Å². The summed E-state index contributed by atoms with van der Waals surface area (Å²) in [6, 6.07) is 9.86. The molecule has 0 saturated carbocycles. The maximum Gasteiger partial charge on any atom is 0.161 e. The molecule has 106 valence electrons. The van der Waals surface area contributed by atoms with Crippen molar-refractivity contribution < 1.29 is 14.6 Å². The Morgan fingerprint density at radius 3 is 2.80 bits per heavy atom. The highest BCUT2D eigenvalue weighted by Gasteiger charge is 2.14. The molecule has 1 N–H and O–H groups in total. The maximum absolute atomic E-state index is 10.3. The third-order valence-corrected chi connectivity index (χ3v) is 4.34. The fraction of sp³-hybridized carbons (Fsp3) is 0.375. The minimum absolute atomic E-state index is 0.464. The molecule has 0 spiro atoms. The summed E-state index contributed by atoms with van der Waals surface area (Å²) in [5.41, 5.74) is 0.894. The molecule has 1 aromatic carbocycles. The molecule has 4 heteroatoms. The Labute approximate surface area is 122 Å². The SMILES string of the molecule is OC(CCc1cccs1)c1ccc2c(c1)OCCCO2. The van der Waals surface area contributed by atoms with Gasteiger partial charge in [0, 0.05) is 11.3 Å². The molecular formula is C16H18O3S. The fourth-order valence-electron chi connectivity index (χ4n) is 2.29. The van der Waals surface area contributed by atoms with Crippen molar-refractivity contribution >= 4 is 11.3 Å². The van der Waals surface area contributed by atoms with Gasteiger partial charge in [-0.1, -0.05) is 12.1 Å². The molecule has 1 aliphatic rings. The van der Waals surface area contributed by atoms with Gasteiger partial charge in [-0.2, -0.15) is 0 Å². The van der Waals surface area contributed by atoms with Crippen LogP contribution in [0.3, 0.4) is 0 Å². The van der Waals surface area contributed by atoms with Gasteiger partial charge >= 0.3 is 0 Å². The summed E-state index contributed by atoms with van der Waals surface area (Å²) in [5.74, 6) is 1.52. The van der Waals surface area contributed by atoms with E-state index in [0.717, 1.165) is 36.3 Å². The number of ether oxygens (including phenoxy) is 2. The van der Waals surface area contributed by atoms with E-state index in [9.17, 15) is 5.11 Å². The zero-order valence-electron chi connectivity index (χ0n) is 11.2. The zero-order chi connectivity index (χ0) is 13.8. The molecule has 1 atom stereocenters. The fourth-order valence-corrected chi connectivity index (χ4v) is 3.01. The van der Waals surface area contributed by atoms with E-state index in [1.165, 1.54) is 4.88 Å². The Morgan fingerprint density at radius 1 is 1.15 bits per heavy atom. The largest absolute Gasteiger partial charge is 0.490 e. The van der Waals surface area contributed by atoms with E-state index >= 15 is 0 Å². The molecule has 2 heterocycles. The van der Waals surface area contributed by atoms with E-state index < -0.39 is 6.10 Å². The van der Waals surface area contributed by atoms with Crippen LogP contribution in [0.2, 0.25) is 0 Å². The van der Waals surface area contributed by atoms with Gasteiger partial charge in [-0.05, 0) is 42.0 Å². The van der Waals surface area contributed by atoms with Gasteiger partial charge in [0.15, 0.2) is 11.5 Å². The van der Waals surface area contributed by atoms with Crippen LogP contribution in [-0.2, 0) is 6.42 Å². The molecule has 1 aromatic heterocycles. The summed E-state index contributed by atoms with van der Waals surface area (Å²) in [5, 5.41) is 12.4. The van der Waals surface area contributed by atoms with Crippen molar-refractivity contribution in [1.82, 2.24) is 0 Å². The molecule has 0 amide bonds. The number of fused-ring (bicyclic) bond motifs is 1. The molecule has 20 heavy (non-hydrogen) atoms. The predicted molar refractivity (Wildman–Crippen MR) is 79.6 cm³/mol. The summed E-state index contributed by atoms with van der Waals surface area (Å²) in [4.78, 5) is 1.30. The van der Waals surface area contributed by atoms with Crippen molar-refractivity contribution in [1.29, 1.82) is 0 Å². The zero-order valence-corrected chi connectivity index (χ0v) is 12.1. The molecule has 1 unspecified atom stereocenters. The minimum atomic E-state index is -0.464. The Kier molecular flexibility index (Phi) is 4.23. The number of benzene rings is 1. The summed E-state index contributed by atoms with van der Waals surface area (Å²) in [6.07, 6.45) is 2.05. The smallest absolute Gasteiger partial charge is 0.161 e. The van der Waals surface area contributed by atoms with Crippen LogP contribution >= 0.6 is 11.3 Å². The summed E-state index contributed by atoms with van der Waals surface area (Å²) < 4.78 is 11.3. The third kappa shape index (κ3) is 3.14. The molecule has 3 nitrogen and oxygen atoms in total. The van der Waals surface area contributed by atoms with E-state index in [0.29, 0.717) is 13.2 Å². The van der Waals surface area contributed by atoms with Crippen LogP contribution in [0.1, 0.15) is 29.4 Å². The first-order valence-corrected chi connectivity index (χ1v) is 7.81. The highest BCUT2D eigenvalue weighted by atomic mass is 32.1. The number of hydrogen-bond acceptors (Lipinski definition) is 4. The molecule has 0 saturated heterocycles. The van der Waals surface area contributed by atoms with E-state index in [4.69, 9.17) is 9.47 Å². The van der Waals surface area contributed by atoms with Gasteiger partial charge in [-0.25, -0.2) is 0 Å². The Bertz CT molecular complexity index is 551. The lowest BCUT2D eigenvalue weighted by Crippen LogP contribution is -2.00. The van der Waals surface area contributed by atoms with E-state index in [1.54, 1.807) is 11.3 Å². The monoisotopic (exact) mass is 290 g/mol. The number of rotatable bonds is 4. The lowest BCUT2D eigenvalue weighted by Gasteiger charge is -2.13. The van der Waals surface area contributed by atoms with Crippen molar-refractivity contribution in [3.05, 3.63) is 46.2 Å². The maximum atomic E-state index is 10.3. The lowest BCUT2D eigenvalue weighted by molar-refractivity contribution is 0.167. The Hall–Kier alpha value is -1.52. The quantitative estimate of drug-likeness (QED) is 0.935. The van der Waals surface area contributed by atoms with Gasteiger partial charge < -0.3 is 14.6 Å². The van der Waals surface area contributed by atoms with E-state index in [-0.39, 0.29) is 0 Å². The van der Waals surface area contributed by atoms with Crippen molar-refractivity contribution in [2.24, 2.45) is 0 Å². The van der Waals surface area contributed by atoms with Crippen molar-refractivity contribution in [3.8, 4) is 11.5 Å². The van der Waals surface area contributed by atoms with Crippen molar-refractivity contribution in [3.63, 3.8) is 0 Å². The van der Waals surface area contributed by atoms with Crippen LogP contribution in [-0.4, -0.2) is 18.3 Å². The molecule has 0 radical (unpaired) electrons. The molecule has 0 aliphatic carbocycles. The molecule has 2 aromatic rings. The lowest BCUT2D eigenvalue weighted by atomic mass is 10.0. The van der Waals surface area contributed by atoms with Gasteiger partial charge in [0.1, 0.15) is 0 Å². The van der Waals surface area contributed by atoms with Gasteiger partial charge in [0.05, 0.1) is 19.3 Å². The Morgan fingerprint density at radius 2 is 2.00 bits per heavy atom. The number of hydrogen-bond donors (Lipinski definition) is 1. The van der Waals surface area contributed by atoms with Crippen LogP contribution in [0, 0.1) is 0 Å². The first kappa shape index (κ1) is 13.5. The second kappa shape index (κ2) is 6.29. The van der Waals surface area contributed by atoms with Crippen LogP contribution in [0.4, 0.5) is 0 Å². The highest BCUT2D eigenvalue weighted by Crippen LogP contribution is 2.33. The third-order valence-electron chi connectivity index (χ3n) is 3.40. The van der Waals surface area contributed by atoms with Gasteiger partial charge in [-0.3, -0.25) is 0 Å². The summed E-state index contributed by atoms with van der Waals surface area (Å²) in [7, 11) is 0. The van der Waals surface area contributed by atoms with Crippen LogP contribution in [0.25, 0.3) is 0 Å². The second-order valence-corrected chi connectivity index (χ2v) is 5.92. The van der Waals surface area contributed by atoms with E-state index in [1.807, 2.05) is 24.3 Å². The average Bonchev–Trinajstić information content (AvgIpc) is 2.88. The first-order chi connectivity index (χ1) is 9.83. The number of aliphatic hydroxyl groups excluding tert-OH is 1. The highest BCUT2D eigenvalue weighted by molar-refractivity contribution is 7.09. The number of aryl methyl sites for hydroxylation is 1. The van der Waals surface area contributed by atoms with Crippen LogP contribution in [0.15, 0.2) is 35.7 Å². The second-order valence-electron chi connectivity index (χ2n) is 4.89. The van der Waals surface area contributed by atoms with Crippen LogP contribution in [0.5, 0.6) is 11.5 Å². The molecular weight excluding hydrogens is 272 g/mol. The van der Waals surface area contributed by atoms with Gasteiger partial charge in [0.2, 0.25) is 0 Å². The number of thiophene rings is 1. The average molecular weight is 290 g/mol. The first-order valence-electron chi connectivity index (χ1n) is 6.93. The van der Waals surface area contributed by atoms with Gasteiger partial charge in [-0.15, -0.1) is 11.3 Å². The predicted octanol–water partition coefficient (Wildman–Crippen LogP) is 3.58. The summed E-state index contributed by atoms with van der Waals surface area (Å²) in [6.45, 7) is 1.36. The normalized spacial score (nSPS) is 15.7. The Balaban J connectivity index is 1.68. The van der Waals surface area contributed by atoms with Crippen molar-refractivity contribution in [2.45, 2.75) is 25.4 Å². The molecule has 3 rings (SSSR count). The summed E-state index contributed by atoms with van der Waals surface area (Å²) >= 11 is 1.73. The molecule has 0 fully saturated rings. The topological polar surface area (TPSA) is 38.7 Å². The van der Waals surface area contributed by atoms with Gasteiger partial charge in [0.25, 0.3) is 0 Å². The molecule has 1 aliphatic heterocycles. The van der Waals surface area contributed by atoms with Crippen molar-refractivity contribution in [2.75, 3.05) is 13.2 Å². The molecule has 0 bridgehead atoms. The number of aliphatic hydroxyl groups is 1.